The Balaban J connectivity index is 1.73. The normalized spacial score (nSPS) is 22.8. The third-order valence-corrected chi connectivity index (χ3v) is 5.77. The first-order valence-corrected chi connectivity index (χ1v) is 10.5. The van der Waals surface area contributed by atoms with E-state index in [1.807, 2.05) is 23.1 Å². The molecule has 0 bridgehead atoms. The van der Waals surface area contributed by atoms with E-state index in [9.17, 15) is 4.79 Å². The summed E-state index contributed by atoms with van der Waals surface area (Å²) in [5.74, 6) is 1.41. The van der Waals surface area contributed by atoms with Gasteiger partial charge in [0.1, 0.15) is 5.76 Å². The Labute approximate surface area is 158 Å². The van der Waals surface area contributed by atoms with Crippen LogP contribution in [-0.2, 0) is 4.74 Å². The molecule has 1 atom stereocenters. The average molecular weight is 356 g/mol. The van der Waals surface area contributed by atoms with Gasteiger partial charge in [0.2, 0.25) is 0 Å². The van der Waals surface area contributed by atoms with Crippen LogP contribution in [0.25, 0.3) is 6.08 Å². The first-order chi connectivity index (χ1) is 12.8. The van der Waals surface area contributed by atoms with Gasteiger partial charge in [-0.1, -0.05) is 82.2 Å². The van der Waals surface area contributed by atoms with Gasteiger partial charge in [0.05, 0.1) is 6.04 Å². The number of cyclic esters (lactones) is 1. The second kappa shape index (κ2) is 9.80. The monoisotopic (exact) mass is 355 g/mol. The van der Waals surface area contributed by atoms with Crippen LogP contribution in [0.15, 0.2) is 36.1 Å². The number of carbonyl (C=O) groups is 1. The molecule has 0 N–H and O–H groups in total. The molecule has 3 rings (SSSR count). The summed E-state index contributed by atoms with van der Waals surface area (Å²) in [5.41, 5.74) is 1.11. The van der Waals surface area contributed by atoms with Gasteiger partial charge in [-0.25, -0.2) is 4.79 Å². The Morgan fingerprint density at radius 1 is 1.04 bits per heavy atom. The van der Waals surface area contributed by atoms with E-state index in [1.165, 1.54) is 57.8 Å². The van der Waals surface area contributed by atoms with Crippen molar-refractivity contribution in [1.29, 1.82) is 0 Å². The van der Waals surface area contributed by atoms with Gasteiger partial charge in [-0.15, -0.1) is 0 Å². The number of hydrogen-bond acceptors (Lipinski definition) is 2. The first-order valence-electron chi connectivity index (χ1n) is 10.5. The van der Waals surface area contributed by atoms with Crippen LogP contribution in [0.4, 0.5) is 4.79 Å². The Hall–Kier alpha value is -1.77. The highest BCUT2D eigenvalue weighted by Crippen LogP contribution is 2.37. The largest absolute Gasteiger partial charge is 0.415 e. The molecule has 0 radical (unpaired) electrons. The van der Waals surface area contributed by atoms with Crippen LogP contribution in [0.3, 0.4) is 0 Å². The highest BCUT2D eigenvalue weighted by molar-refractivity contribution is 5.75. The van der Waals surface area contributed by atoms with Crippen LogP contribution >= 0.6 is 0 Å². The van der Waals surface area contributed by atoms with Gasteiger partial charge in [-0.2, -0.15) is 0 Å². The Bertz CT molecular complexity index is 589. The third kappa shape index (κ3) is 4.90. The van der Waals surface area contributed by atoms with Gasteiger partial charge >= 0.3 is 6.09 Å². The quantitative estimate of drug-likeness (QED) is 0.505. The van der Waals surface area contributed by atoms with Gasteiger partial charge in [-0.05, 0) is 36.8 Å². The van der Waals surface area contributed by atoms with Crippen LogP contribution in [0.5, 0.6) is 0 Å². The van der Waals surface area contributed by atoms with Gasteiger partial charge < -0.3 is 4.74 Å². The summed E-state index contributed by atoms with van der Waals surface area (Å²) in [5, 5.41) is 0. The average Bonchev–Trinajstić information content (AvgIpc) is 2.98. The number of rotatable bonds is 8. The molecule has 0 spiro atoms. The van der Waals surface area contributed by atoms with Gasteiger partial charge in [0, 0.05) is 6.54 Å². The summed E-state index contributed by atoms with van der Waals surface area (Å²) in [6.45, 7) is 3.06. The highest BCUT2D eigenvalue weighted by atomic mass is 16.6. The number of carbonyl (C=O) groups excluding carboxylic acids is 1. The van der Waals surface area contributed by atoms with E-state index in [0.29, 0.717) is 5.92 Å². The molecule has 1 aromatic rings. The van der Waals surface area contributed by atoms with E-state index in [2.05, 4.69) is 25.1 Å². The molecule has 1 heterocycles. The zero-order chi connectivity index (χ0) is 18.2. The van der Waals surface area contributed by atoms with E-state index in [-0.39, 0.29) is 12.1 Å². The molecular formula is C23H33NO2. The second-order valence-electron chi connectivity index (χ2n) is 7.78. The van der Waals surface area contributed by atoms with Crippen molar-refractivity contribution in [3.63, 3.8) is 0 Å². The number of hydrogen-bond donors (Lipinski definition) is 0. The van der Waals surface area contributed by atoms with Crippen molar-refractivity contribution in [3.05, 3.63) is 41.7 Å². The van der Waals surface area contributed by atoms with Crippen molar-refractivity contribution in [1.82, 2.24) is 4.90 Å². The van der Waals surface area contributed by atoms with Crippen molar-refractivity contribution >= 4 is 12.2 Å². The fourth-order valence-electron chi connectivity index (χ4n) is 4.37. The Kier molecular flexibility index (Phi) is 7.16. The Morgan fingerprint density at radius 3 is 2.50 bits per heavy atom. The zero-order valence-electron chi connectivity index (χ0n) is 16.2. The SMILES string of the molecule is CCCCCCCN1C(=O)O/C(=C\c2ccccc2)C1C1CCCCC1. The van der Waals surface area contributed by atoms with E-state index in [4.69, 9.17) is 4.74 Å². The molecule has 0 aromatic heterocycles. The molecule has 1 amide bonds. The molecule has 1 aliphatic heterocycles. The lowest BCUT2D eigenvalue weighted by atomic mass is 9.82. The molecule has 2 aliphatic rings. The zero-order valence-corrected chi connectivity index (χ0v) is 16.2. The van der Waals surface area contributed by atoms with Crippen LogP contribution in [0, 0.1) is 5.92 Å². The lowest BCUT2D eigenvalue weighted by Gasteiger charge is -2.32. The maximum atomic E-state index is 12.6. The fourth-order valence-corrected chi connectivity index (χ4v) is 4.37. The van der Waals surface area contributed by atoms with Crippen molar-refractivity contribution in [3.8, 4) is 0 Å². The van der Waals surface area contributed by atoms with Gasteiger partial charge in [-0.3, -0.25) is 4.90 Å². The van der Waals surface area contributed by atoms with E-state index < -0.39 is 0 Å². The molecule has 1 aliphatic carbocycles. The summed E-state index contributed by atoms with van der Waals surface area (Å²) in [6, 6.07) is 10.4. The van der Waals surface area contributed by atoms with E-state index in [1.54, 1.807) is 0 Å². The van der Waals surface area contributed by atoms with Crippen molar-refractivity contribution in [2.24, 2.45) is 5.92 Å². The minimum absolute atomic E-state index is 0.134. The number of amides is 1. The Morgan fingerprint density at radius 2 is 1.77 bits per heavy atom. The van der Waals surface area contributed by atoms with Crippen molar-refractivity contribution < 1.29 is 9.53 Å². The van der Waals surface area contributed by atoms with Crippen molar-refractivity contribution in [2.45, 2.75) is 77.2 Å². The molecule has 1 saturated heterocycles. The van der Waals surface area contributed by atoms with Crippen LogP contribution in [-0.4, -0.2) is 23.6 Å². The summed E-state index contributed by atoms with van der Waals surface area (Å²) in [6.07, 6.45) is 14.3. The summed E-state index contributed by atoms with van der Waals surface area (Å²) in [4.78, 5) is 14.6. The molecule has 26 heavy (non-hydrogen) atoms. The van der Waals surface area contributed by atoms with Crippen LogP contribution in [0.2, 0.25) is 0 Å². The topological polar surface area (TPSA) is 29.5 Å². The minimum atomic E-state index is -0.141. The van der Waals surface area contributed by atoms with E-state index >= 15 is 0 Å². The molecule has 1 unspecified atom stereocenters. The number of unbranched alkanes of at least 4 members (excludes halogenated alkanes) is 4. The fraction of sp³-hybridized carbons (Fsp3) is 0.609. The molecule has 1 saturated carbocycles. The highest BCUT2D eigenvalue weighted by Gasteiger charge is 2.42. The summed E-state index contributed by atoms with van der Waals surface area (Å²) in [7, 11) is 0. The smallest absolute Gasteiger partial charge is 0.412 e. The van der Waals surface area contributed by atoms with E-state index in [0.717, 1.165) is 24.3 Å². The van der Waals surface area contributed by atoms with Gasteiger partial charge in [0.25, 0.3) is 0 Å². The molecule has 3 heteroatoms. The minimum Gasteiger partial charge on any atom is -0.412 e. The molecule has 2 fully saturated rings. The lowest BCUT2D eigenvalue weighted by molar-refractivity contribution is 0.153. The number of ether oxygens (including phenoxy) is 1. The summed E-state index contributed by atoms with van der Waals surface area (Å²) >= 11 is 0. The van der Waals surface area contributed by atoms with Gasteiger partial charge in [0.15, 0.2) is 0 Å². The molecule has 142 valence electrons. The maximum absolute atomic E-state index is 12.6. The predicted molar refractivity (Wildman–Crippen MR) is 107 cm³/mol. The second-order valence-corrected chi connectivity index (χ2v) is 7.78. The first kappa shape index (κ1) is 19.0. The number of nitrogens with zero attached hydrogens (tertiary/aromatic N) is 1. The lowest BCUT2D eigenvalue weighted by Crippen LogP contribution is -2.39. The van der Waals surface area contributed by atoms with Crippen LogP contribution < -0.4 is 0 Å². The molecular weight excluding hydrogens is 322 g/mol. The molecule has 1 aromatic carbocycles. The van der Waals surface area contributed by atoms with Crippen LogP contribution in [0.1, 0.15) is 76.7 Å². The van der Waals surface area contributed by atoms with Crippen molar-refractivity contribution in [2.75, 3.05) is 6.54 Å². The predicted octanol–water partition coefficient (Wildman–Crippen LogP) is 6.40. The molecule has 3 nitrogen and oxygen atoms in total. The standard InChI is InChI=1S/C23H33NO2/c1-2-3-4-5-12-17-24-22(20-15-10-7-11-16-20)21(26-23(24)25)18-19-13-8-6-9-14-19/h6,8-9,13-14,18,20,22H,2-5,7,10-12,15-17H2,1H3/b21-18-. The maximum Gasteiger partial charge on any atom is 0.415 e. The summed E-state index contributed by atoms with van der Waals surface area (Å²) < 4.78 is 5.77. The number of benzene rings is 1. The third-order valence-electron chi connectivity index (χ3n) is 5.77.